The topological polar surface area (TPSA) is 67.8 Å². The number of carbonyl (C=O) groups is 1. The van der Waals surface area contributed by atoms with E-state index in [0.29, 0.717) is 19.6 Å². The van der Waals surface area contributed by atoms with Gasteiger partial charge in [-0.05, 0) is 26.2 Å². The van der Waals surface area contributed by atoms with Crippen molar-refractivity contribution in [3.05, 3.63) is 0 Å². The van der Waals surface area contributed by atoms with Crippen LogP contribution in [0.5, 0.6) is 0 Å². The zero-order valence-corrected chi connectivity index (χ0v) is 11.2. The number of carboxylic acids is 1. The van der Waals surface area contributed by atoms with E-state index in [4.69, 9.17) is 9.47 Å². The molecule has 0 aliphatic carbocycles. The molecule has 0 saturated carbocycles. The quantitative estimate of drug-likeness (QED) is 0.791. The van der Waals surface area contributed by atoms with Crippen LogP contribution in [0.3, 0.4) is 0 Å². The molecule has 5 nitrogen and oxygen atoms in total. The molecule has 2 aliphatic rings. The van der Waals surface area contributed by atoms with E-state index in [9.17, 15) is 9.90 Å². The van der Waals surface area contributed by atoms with E-state index in [2.05, 4.69) is 5.32 Å². The summed E-state index contributed by atoms with van der Waals surface area (Å²) in [6.07, 6.45) is 3.20. The van der Waals surface area contributed by atoms with Crippen molar-refractivity contribution in [1.29, 1.82) is 0 Å². The van der Waals surface area contributed by atoms with E-state index in [0.717, 1.165) is 25.9 Å². The molecule has 0 amide bonds. The third kappa shape index (κ3) is 2.68. The minimum Gasteiger partial charge on any atom is -0.480 e. The molecule has 3 atom stereocenters. The lowest BCUT2D eigenvalue weighted by molar-refractivity contribution is -0.146. The number of ether oxygens (including phenoxy) is 2. The van der Waals surface area contributed by atoms with Crippen molar-refractivity contribution in [2.75, 3.05) is 19.8 Å². The number of aliphatic carboxylic acids is 1. The molecule has 0 aromatic heterocycles. The summed E-state index contributed by atoms with van der Waals surface area (Å²) < 4.78 is 11.3. The second-order valence-corrected chi connectivity index (χ2v) is 5.66. The molecule has 2 N–H and O–H groups in total. The monoisotopic (exact) mass is 257 g/mol. The van der Waals surface area contributed by atoms with Crippen LogP contribution in [-0.4, -0.2) is 48.1 Å². The Hall–Kier alpha value is -0.650. The van der Waals surface area contributed by atoms with Gasteiger partial charge >= 0.3 is 5.97 Å². The Balaban J connectivity index is 1.99. The van der Waals surface area contributed by atoms with Crippen molar-refractivity contribution >= 4 is 5.97 Å². The van der Waals surface area contributed by atoms with Gasteiger partial charge in [-0.1, -0.05) is 6.92 Å². The number of nitrogens with one attached hydrogen (secondary N) is 1. The average molecular weight is 257 g/mol. The molecule has 3 unspecified atom stereocenters. The number of hydrogen-bond donors (Lipinski definition) is 2. The third-order valence-electron chi connectivity index (χ3n) is 4.26. The number of hydrogen-bond acceptors (Lipinski definition) is 4. The van der Waals surface area contributed by atoms with Crippen LogP contribution in [0, 0.1) is 0 Å². The minimum atomic E-state index is -0.845. The van der Waals surface area contributed by atoms with Gasteiger partial charge in [0.15, 0.2) is 0 Å². The van der Waals surface area contributed by atoms with Gasteiger partial charge in [0.05, 0.1) is 12.2 Å². The first-order valence-electron chi connectivity index (χ1n) is 6.72. The highest BCUT2D eigenvalue weighted by Gasteiger charge is 2.43. The summed E-state index contributed by atoms with van der Waals surface area (Å²) in [4.78, 5) is 11.3. The molecule has 0 aromatic rings. The van der Waals surface area contributed by atoms with Crippen molar-refractivity contribution in [2.45, 2.75) is 56.7 Å². The Morgan fingerprint density at radius 2 is 2.33 bits per heavy atom. The molecule has 0 radical (unpaired) electrons. The lowest BCUT2D eigenvalue weighted by atomic mass is 9.87. The van der Waals surface area contributed by atoms with Gasteiger partial charge in [-0.3, -0.25) is 10.1 Å². The first-order valence-corrected chi connectivity index (χ1v) is 6.72. The first-order chi connectivity index (χ1) is 8.50. The van der Waals surface area contributed by atoms with Crippen LogP contribution in [0.15, 0.2) is 0 Å². The van der Waals surface area contributed by atoms with Gasteiger partial charge in [-0.2, -0.15) is 0 Å². The Kier molecular flexibility index (Phi) is 3.94. The molecule has 2 heterocycles. The lowest BCUT2D eigenvalue weighted by Gasteiger charge is -2.40. The van der Waals surface area contributed by atoms with Crippen molar-refractivity contribution in [3.63, 3.8) is 0 Å². The molecular weight excluding hydrogens is 234 g/mol. The van der Waals surface area contributed by atoms with Crippen LogP contribution >= 0.6 is 0 Å². The summed E-state index contributed by atoms with van der Waals surface area (Å²) >= 11 is 0. The molecule has 18 heavy (non-hydrogen) atoms. The van der Waals surface area contributed by atoms with Gasteiger partial charge in [-0.25, -0.2) is 0 Å². The summed E-state index contributed by atoms with van der Waals surface area (Å²) in [5, 5.41) is 12.6. The van der Waals surface area contributed by atoms with Gasteiger partial charge in [0, 0.05) is 25.7 Å². The van der Waals surface area contributed by atoms with Gasteiger partial charge in [0.1, 0.15) is 5.54 Å². The third-order valence-corrected chi connectivity index (χ3v) is 4.26. The molecule has 5 heteroatoms. The molecule has 2 fully saturated rings. The predicted molar refractivity (Wildman–Crippen MR) is 66.6 cm³/mol. The fourth-order valence-corrected chi connectivity index (χ4v) is 2.78. The molecular formula is C13H23NO4. The standard InChI is InChI=1S/C13H23NO4/c1-3-12(2,11(15)16)14-10-4-6-18-13(8-10)5-7-17-9-13/h10,14H,3-9H2,1-2H3,(H,15,16). The van der Waals surface area contributed by atoms with Crippen LogP contribution in [0.2, 0.25) is 0 Å². The zero-order chi connectivity index (χ0) is 13.2. The van der Waals surface area contributed by atoms with Crippen LogP contribution in [0.25, 0.3) is 0 Å². The molecule has 1 spiro atoms. The molecule has 0 bridgehead atoms. The Bertz CT molecular complexity index is 314. The predicted octanol–water partition coefficient (Wildman–Crippen LogP) is 1.17. The van der Waals surface area contributed by atoms with Crippen LogP contribution in [0.4, 0.5) is 0 Å². The van der Waals surface area contributed by atoms with Crippen LogP contribution < -0.4 is 5.32 Å². The lowest BCUT2D eigenvalue weighted by Crippen LogP contribution is -2.57. The highest BCUT2D eigenvalue weighted by atomic mass is 16.6. The van der Waals surface area contributed by atoms with Crippen molar-refractivity contribution in [3.8, 4) is 0 Å². The van der Waals surface area contributed by atoms with Crippen LogP contribution in [0.1, 0.15) is 39.5 Å². The summed E-state index contributed by atoms with van der Waals surface area (Å²) in [7, 11) is 0. The first kappa shape index (κ1) is 13.8. The largest absolute Gasteiger partial charge is 0.480 e. The highest BCUT2D eigenvalue weighted by Crippen LogP contribution is 2.33. The van der Waals surface area contributed by atoms with Gasteiger partial charge in [0.25, 0.3) is 0 Å². The fourth-order valence-electron chi connectivity index (χ4n) is 2.78. The fraction of sp³-hybridized carbons (Fsp3) is 0.923. The van der Waals surface area contributed by atoms with E-state index in [1.165, 1.54) is 0 Å². The zero-order valence-electron chi connectivity index (χ0n) is 11.2. The summed E-state index contributed by atoms with van der Waals surface area (Å²) in [6.45, 7) is 5.72. The van der Waals surface area contributed by atoms with Gasteiger partial charge < -0.3 is 14.6 Å². The van der Waals surface area contributed by atoms with Crippen LogP contribution in [-0.2, 0) is 14.3 Å². The van der Waals surface area contributed by atoms with E-state index in [-0.39, 0.29) is 11.6 Å². The number of carboxylic acid groups (broad SMARTS) is 1. The number of rotatable bonds is 4. The van der Waals surface area contributed by atoms with E-state index in [1.807, 2.05) is 6.92 Å². The smallest absolute Gasteiger partial charge is 0.323 e. The maximum atomic E-state index is 11.3. The van der Waals surface area contributed by atoms with E-state index in [1.54, 1.807) is 6.92 Å². The second-order valence-electron chi connectivity index (χ2n) is 5.66. The summed E-state index contributed by atoms with van der Waals surface area (Å²) in [5.41, 5.74) is -1.02. The summed E-state index contributed by atoms with van der Waals surface area (Å²) in [5.74, 6) is -0.784. The molecule has 2 rings (SSSR count). The van der Waals surface area contributed by atoms with E-state index >= 15 is 0 Å². The Morgan fingerprint density at radius 1 is 1.56 bits per heavy atom. The van der Waals surface area contributed by atoms with Crippen molar-refractivity contribution in [1.82, 2.24) is 5.32 Å². The van der Waals surface area contributed by atoms with Gasteiger partial charge in [0.2, 0.25) is 0 Å². The van der Waals surface area contributed by atoms with Crippen molar-refractivity contribution in [2.24, 2.45) is 0 Å². The summed E-state index contributed by atoms with van der Waals surface area (Å²) in [6, 6.07) is 0.196. The van der Waals surface area contributed by atoms with Crippen molar-refractivity contribution < 1.29 is 19.4 Å². The maximum Gasteiger partial charge on any atom is 0.323 e. The average Bonchev–Trinajstić information content (AvgIpc) is 2.77. The Morgan fingerprint density at radius 3 is 2.89 bits per heavy atom. The SMILES string of the molecule is CCC(C)(NC1CCOC2(CCOC2)C1)C(=O)O. The highest BCUT2D eigenvalue weighted by molar-refractivity contribution is 5.78. The molecule has 2 aliphatic heterocycles. The molecule has 104 valence electrons. The Labute approximate surface area is 108 Å². The molecule has 2 saturated heterocycles. The van der Waals surface area contributed by atoms with E-state index < -0.39 is 11.5 Å². The normalized spacial score (nSPS) is 35.6. The maximum absolute atomic E-state index is 11.3. The molecule has 0 aromatic carbocycles. The minimum absolute atomic E-state index is 0.178. The second kappa shape index (κ2) is 5.15. The van der Waals surface area contributed by atoms with Gasteiger partial charge in [-0.15, -0.1) is 0 Å².